The molecule has 1 unspecified atom stereocenters. The lowest BCUT2D eigenvalue weighted by atomic mass is 9.92. The Morgan fingerprint density at radius 3 is 2.87 bits per heavy atom. The van der Waals surface area contributed by atoms with Crippen molar-refractivity contribution in [1.29, 1.82) is 0 Å². The Labute approximate surface area is 134 Å². The van der Waals surface area contributed by atoms with Crippen LogP contribution in [0.5, 0.6) is 0 Å². The Kier molecular flexibility index (Phi) is 4.18. The SMILES string of the molecule is Cc1c(C2CCCN(C(=O)c3cccs3)C2)noc1C(F)(F)F. The largest absolute Gasteiger partial charge is 0.452 e. The van der Waals surface area contributed by atoms with Gasteiger partial charge in [-0.25, -0.2) is 0 Å². The van der Waals surface area contributed by atoms with E-state index in [1.807, 2.05) is 5.38 Å². The van der Waals surface area contributed by atoms with Gasteiger partial charge in [0.15, 0.2) is 0 Å². The van der Waals surface area contributed by atoms with Gasteiger partial charge in [-0.05, 0) is 31.2 Å². The van der Waals surface area contributed by atoms with Gasteiger partial charge in [0.05, 0.1) is 10.6 Å². The van der Waals surface area contributed by atoms with E-state index in [0.717, 1.165) is 6.42 Å². The Morgan fingerprint density at radius 2 is 2.26 bits per heavy atom. The first-order chi connectivity index (χ1) is 10.9. The number of aromatic nitrogens is 1. The Balaban J connectivity index is 1.79. The number of halogens is 3. The minimum Gasteiger partial charge on any atom is -0.351 e. The summed E-state index contributed by atoms with van der Waals surface area (Å²) in [5.74, 6) is -1.36. The molecule has 0 aromatic carbocycles. The van der Waals surface area contributed by atoms with Crippen LogP contribution in [0.25, 0.3) is 0 Å². The highest BCUT2D eigenvalue weighted by Crippen LogP contribution is 2.37. The maximum Gasteiger partial charge on any atom is 0.452 e. The summed E-state index contributed by atoms with van der Waals surface area (Å²) in [4.78, 5) is 14.7. The number of likely N-dealkylation sites (tertiary alicyclic amines) is 1. The number of alkyl halides is 3. The lowest BCUT2D eigenvalue weighted by molar-refractivity contribution is -0.156. The normalized spacial score (nSPS) is 19.1. The summed E-state index contributed by atoms with van der Waals surface area (Å²) in [6, 6.07) is 3.55. The quantitative estimate of drug-likeness (QED) is 0.824. The van der Waals surface area contributed by atoms with Crippen molar-refractivity contribution in [3.05, 3.63) is 39.4 Å². The van der Waals surface area contributed by atoms with Gasteiger partial charge in [-0.1, -0.05) is 11.2 Å². The second-order valence-corrected chi connectivity index (χ2v) is 6.54. The van der Waals surface area contributed by atoms with Crippen molar-refractivity contribution in [2.75, 3.05) is 13.1 Å². The third kappa shape index (κ3) is 3.12. The molecule has 0 radical (unpaired) electrons. The third-order valence-corrected chi connectivity index (χ3v) is 4.90. The molecule has 4 nitrogen and oxygen atoms in total. The van der Waals surface area contributed by atoms with Crippen LogP contribution in [0.3, 0.4) is 0 Å². The van der Waals surface area contributed by atoms with Gasteiger partial charge < -0.3 is 9.42 Å². The molecule has 23 heavy (non-hydrogen) atoms. The fourth-order valence-corrected chi connectivity index (χ4v) is 3.62. The predicted molar refractivity (Wildman–Crippen MR) is 78.4 cm³/mol. The molecule has 1 fully saturated rings. The highest BCUT2D eigenvalue weighted by atomic mass is 32.1. The number of carbonyl (C=O) groups excluding carboxylic acids is 1. The molecule has 3 heterocycles. The van der Waals surface area contributed by atoms with E-state index in [9.17, 15) is 18.0 Å². The third-order valence-electron chi connectivity index (χ3n) is 4.04. The summed E-state index contributed by atoms with van der Waals surface area (Å²) in [5.41, 5.74) is 0.328. The predicted octanol–water partition coefficient (Wildman–Crippen LogP) is 4.08. The van der Waals surface area contributed by atoms with E-state index in [1.165, 1.54) is 18.3 Å². The van der Waals surface area contributed by atoms with E-state index in [4.69, 9.17) is 0 Å². The summed E-state index contributed by atoms with van der Waals surface area (Å²) >= 11 is 1.36. The van der Waals surface area contributed by atoms with Crippen LogP contribution in [0, 0.1) is 6.92 Å². The van der Waals surface area contributed by atoms with Crippen LogP contribution in [0.1, 0.15) is 45.4 Å². The number of hydrogen-bond acceptors (Lipinski definition) is 4. The maximum atomic E-state index is 12.8. The molecule has 124 valence electrons. The molecule has 1 atom stereocenters. The molecule has 0 aliphatic carbocycles. The van der Waals surface area contributed by atoms with Crippen molar-refractivity contribution in [2.24, 2.45) is 0 Å². The zero-order chi connectivity index (χ0) is 16.6. The van der Waals surface area contributed by atoms with E-state index >= 15 is 0 Å². The van der Waals surface area contributed by atoms with Crippen LogP contribution in [0.2, 0.25) is 0 Å². The van der Waals surface area contributed by atoms with Crippen molar-refractivity contribution in [3.63, 3.8) is 0 Å². The summed E-state index contributed by atoms with van der Waals surface area (Å²) in [5, 5.41) is 5.46. The van der Waals surface area contributed by atoms with Crippen LogP contribution in [0.4, 0.5) is 13.2 Å². The molecule has 1 saturated heterocycles. The van der Waals surface area contributed by atoms with Gasteiger partial charge in [-0.2, -0.15) is 13.2 Å². The molecule has 0 bridgehead atoms. The van der Waals surface area contributed by atoms with Crippen molar-refractivity contribution < 1.29 is 22.5 Å². The minimum atomic E-state index is -4.55. The molecule has 0 saturated carbocycles. The van der Waals surface area contributed by atoms with E-state index in [2.05, 4.69) is 9.68 Å². The van der Waals surface area contributed by atoms with Crippen molar-refractivity contribution in [3.8, 4) is 0 Å². The zero-order valence-electron chi connectivity index (χ0n) is 12.4. The summed E-state index contributed by atoms with van der Waals surface area (Å²) in [7, 11) is 0. The molecule has 1 aliphatic rings. The van der Waals surface area contributed by atoms with Gasteiger partial charge in [0.2, 0.25) is 5.76 Å². The Hall–Kier alpha value is -1.83. The molecule has 1 amide bonds. The first-order valence-electron chi connectivity index (χ1n) is 7.24. The molecule has 0 spiro atoms. The number of piperidine rings is 1. The summed E-state index contributed by atoms with van der Waals surface area (Å²) in [6.45, 7) is 2.34. The zero-order valence-corrected chi connectivity index (χ0v) is 13.2. The van der Waals surface area contributed by atoms with Crippen LogP contribution in [-0.4, -0.2) is 29.1 Å². The fourth-order valence-electron chi connectivity index (χ4n) is 2.93. The molecule has 1 aliphatic heterocycles. The van der Waals surface area contributed by atoms with E-state index < -0.39 is 11.9 Å². The smallest absolute Gasteiger partial charge is 0.351 e. The second-order valence-electron chi connectivity index (χ2n) is 5.59. The summed E-state index contributed by atoms with van der Waals surface area (Å²) < 4.78 is 43.0. The molecule has 8 heteroatoms. The lowest BCUT2D eigenvalue weighted by Gasteiger charge is -2.31. The molecule has 3 rings (SSSR count). The maximum absolute atomic E-state index is 12.8. The van der Waals surface area contributed by atoms with Gasteiger partial charge in [0.1, 0.15) is 0 Å². The molecule has 2 aromatic rings. The van der Waals surface area contributed by atoms with E-state index in [0.29, 0.717) is 30.1 Å². The minimum absolute atomic E-state index is 0.0212. The fraction of sp³-hybridized carbons (Fsp3) is 0.467. The van der Waals surface area contributed by atoms with Gasteiger partial charge in [-0.3, -0.25) is 4.79 Å². The number of hydrogen-bond donors (Lipinski definition) is 0. The van der Waals surface area contributed by atoms with Gasteiger partial charge in [0.25, 0.3) is 5.91 Å². The first kappa shape index (κ1) is 16.0. The van der Waals surface area contributed by atoms with Crippen LogP contribution in [0.15, 0.2) is 22.0 Å². The van der Waals surface area contributed by atoms with Crippen LogP contribution >= 0.6 is 11.3 Å². The number of amides is 1. The van der Waals surface area contributed by atoms with Gasteiger partial charge in [-0.15, -0.1) is 11.3 Å². The van der Waals surface area contributed by atoms with Gasteiger partial charge in [0, 0.05) is 24.6 Å². The highest BCUT2D eigenvalue weighted by Gasteiger charge is 2.40. The topological polar surface area (TPSA) is 46.3 Å². The average molecular weight is 344 g/mol. The van der Waals surface area contributed by atoms with Crippen molar-refractivity contribution >= 4 is 17.2 Å². The van der Waals surface area contributed by atoms with Gasteiger partial charge >= 0.3 is 6.18 Å². The van der Waals surface area contributed by atoms with E-state index in [1.54, 1.807) is 17.0 Å². The number of carbonyl (C=O) groups is 1. The van der Waals surface area contributed by atoms with E-state index in [-0.39, 0.29) is 17.4 Å². The van der Waals surface area contributed by atoms with Crippen molar-refractivity contribution in [1.82, 2.24) is 10.1 Å². The molecule has 0 N–H and O–H groups in total. The molecule has 2 aromatic heterocycles. The Bertz CT molecular complexity index is 694. The number of nitrogens with zero attached hydrogens (tertiary/aromatic N) is 2. The average Bonchev–Trinajstić information content (AvgIpc) is 3.15. The van der Waals surface area contributed by atoms with Crippen LogP contribution in [-0.2, 0) is 6.18 Å². The number of rotatable bonds is 2. The number of thiophene rings is 1. The summed E-state index contributed by atoms with van der Waals surface area (Å²) in [6.07, 6.45) is -3.12. The Morgan fingerprint density at radius 1 is 1.48 bits per heavy atom. The van der Waals surface area contributed by atoms with Crippen molar-refractivity contribution in [2.45, 2.75) is 31.9 Å². The highest BCUT2D eigenvalue weighted by molar-refractivity contribution is 7.12. The van der Waals surface area contributed by atoms with Crippen LogP contribution < -0.4 is 0 Å². The standard InChI is InChI=1S/C15H15F3N2O2S/c1-9-12(19-22-13(9)15(16,17)18)10-4-2-6-20(8-10)14(21)11-5-3-7-23-11/h3,5,7,10H,2,4,6,8H2,1H3. The molecular formula is C15H15F3N2O2S. The monoisotopic (exact) mass is 344 g/mol. The second kappa shape index (κ2) is 5.99. The lowest BCUT2D eigenvalue weighted by Crippen LogP contribution is -2.39. The molecular weight excluding hydrogens is 329 g/mol. The first-order valence-corrected chi connectivity index (χ1v) is 8.12.